The van der Waals surface area contributed by atoms with Gasteiger partial charge in [0.25, 0.3) is 5.91 Å². The van der Waals surface area contributed by atoms with Crippen molar-refractivity contribution in [3.8, 4) is 0 Å². The number of hydrogen-bond donors (Lipinski definition) is 1. The zero-order valence-electron chi connectivity index (χ0n) is 16.0. The van der Waals surface area contributed by atoms with Crippen molar-refractivity contribution in [2.45, 2.75) is 19.4 Å². The molecule has 0 spiro atoms. The number of benzene rings is 3. The minimum atomic E-state index is -0.868. The van der Waals surface area contributed by atoms with Crippen molar-refractivity contribution in [3.05, 3.63) is 102 Å². The summed E-state index contributed by atoms with van der Waals surface area (Å²) in [7, 11) is 0. The summed E-state index contributed by atoms with van der Waals surface area (Å²) in [5, 5.41) is 2.76. The average molecular weight is 387 g/mol. The molecule has 0 aliphatic heterocycles. The van der Waals surface area contributed by atoms with Gasteiger partial charge in [-0.25, -0.2) is 4.79 Å². The van der Waals surface area contributed by atoms with E-state index in [2.05, 4.69) is 5.32 Å². The molecule has 0 radical (unpaired) electrons. The lowest BCUT2D eigenvalue weighted by Gasteiger charge is -2.15. The van der Waals surface area contributed by atoms with Crippen LogP contribution in [0.25, 0.3) is 0 Å². The second-order valence-electron chi connectivity index (χ2n) is 6.43. The Hall–Kier alpha value is -3.73. The van der Waals surface area contributed by atoms with E-state index >= 15 is 0 Å². The normalized spacial score (nSPS) is 11.3. The van der Waals surface area contributed by atoms with E-state index in [-0.39, 0.29) is 17.3 Å². The fraction of sp³-hybridized carbons (Fsp3) is 0.125. The molecule has 0 heterocycles. The summed E-state index contributed by atoms with van der Waals surface area (Å²) in [6, 6.07) is 24.0. The van der Waals surface area contributed by atoms with Crippen molar-refractivity contribution in [2.24, 2.45) is 0 Å². The van der Waals surface area contributed by atoms with Gasteiger partial charge in [-0.1, -0.05) is 61.5 Å². The summed E-state index contributed by atoms with van der Waals surface area (Å²) in [6.45, 7) is 1.79. The van der Waals surface area contributed by atoms with Crippen LogP contribution in [0.3, 0.4) is 0 Å². The average Bonchev–Trinajstić information content (AvgIpc) is 2.78. The number of rotatable bonds is 7. The Balaban J connectivity index is 1.70. The third kappa shape index (κ3) is 5.17. The molecule has 0 bridgehead atoms. The topological polar surface area (TPSA) is 72.5 Å². The lowest BCUT2D eigenvalue weighted by molar-refractivity contribution is 0.0277. The van der Waals surface area contributed by atoms with E-state index in [0.29, 0.717) is 23.2 Å². The molecular weight excluding hydrogens is 366 g/mol. The van der Waals surface area contributed by atoms with Gasteiger partial charge in [0.15, 0.2) is 6.10 Å². The van der Waals surface area contributed by atoms with Gasteiger partial charge in [0.1, 0.15) is 0 Å². The maximum atomic E-state index is 12.6. The van der Waals surface area contributed by atoms with E-state index < -0.39 is 12.1 Å². The molecule has 5 heteroatoms. The van der Waals surface area contributed by atoms with Crippen LogP contribution in [0.4, 0.5) is 5.69 Å². The molecule has 1 amide bonds. The lowest BCUT2D eigenvalue weighted by atomic mass is 10.0. The number of esters is 1. The Morgan fingerprint density at radius 1 is 0.793 bits per heavy atom. The van der Waals surface area contributed by atoms with Gasteiger partial charge >= 0.3 is 5.97 Å². The molecule has 1 unspecified atom stereocenters. The smallest absolute Gasteiger partial charge is 0.338 e. The fourth-order valence-electron chi connectivity index (χ4n) is 2.82. The summed E-state index contributed by atoms with van der Waals surface area (Å²) >= 11 is 0. The number of anilines is 1. The highest BCUT2D eigenvalue weighted by molar-refractivity contribution is 6.05. The number of carbonyl (C=O) groups is 3. The number of Topliss-reactive ketones (excluding diaryl/α,β-unsaturated/α-hetero) is 1. The second-order valence-corrected chi connectivity index (χ2v) is 6.43. The van der Waals surface area contributed by atoms with Crippen molar-refractivity contribution in [1.82, 2.24) is 0 Å². The number of carbonyl (C=O) groups excluding carboxylic acids is 3. The Kier molecular flexibility index (Phi) is 6.53. The molecule has 3 rings (SSSR count). The standard InChI is InChI=1S/C24H21NO4/c1-2-21(22(26)17-10-5-3-6-11-17)29-24(28)19-14-9-15-20(16-19)25-23(27)18-12-7-4-8-13-18/h3-16,21H,2H2,1H3,(H,25,27). The summed E-state index contributed by atoms with van der Waals surface area (Å²) in [5.74, 6) is -1.13. The van der Waals surface area contributed by atoms with E-state index in [0.717, 1.165) is 0 Å². The highest BCUT2D eigenvalue weighted by Gasteiger charge is 2.23. The maximum absolute atomic E-state index is 12.6. The summed E-state index contributed by atoms with van der Waals surface area (Å²) in [5.41, 5.74) is 1.74. The summed E-state index contributed by atoms with van der Waals surface area (Å²) in [4.78, 5) is 37.4. The van der Waals surface area contributed by atoms with E-state index in [1.807, 2.05) is 12.1 Å². The van der Waals surface area contributed by atoms with Gasteiger partial charge in [-0.15, -0.1) is 0 Å². The summed E-state index contributed by atoms with van der Waals surface area (Å²) < 4.78 is 5.45. The van der Waals surface area contributed by atoms with Gasteiger partial charge in [-0.3, -0.25) is 9.59 Å². The molecule has 5 nitrogen and oxygen atoms in total. The molecule has 1 atom stereocenters. The van der Waals surface area contributed by atoms with Crippen LogP contribution in [0.1, 0.15) is 44.4 Å². The molecule has 29 heavy (non-hydrogen) atoms. The Labute approximate surface area is 169 Å². The van der Waals surface area contributed by atoms with Crippen LogP contribution in [-0.4, -0.2) is 23.8 Å². The van der Waals surface area contributed by atoms with Crippen molar-refractivity contribution in [1.29, 1.82) is 0 Å². The quantitative estimate of drug-likeness (QED) is 0.469. The number of hydrogen-bond acceptors (Lipinski definition) is 4. The Morgan fingerprint density at radius 2 is 1.38 bits per heavy atom. The van der Waals surface area contributed by atoms with Crippen molar-refractivity contribution < 1.29 is 19.1 Å². The second kappa shape index (κ2) is 9.46. The minimum Gasteiger partial charge on any atom is -0.450 e. The number of ether oxygens (including phenoxy) is 1. The molecule has 0 fully saturated rings. The van der Waals surface area contributed by atoms with Crippen molar-refractivity contribution in [3.63, 3.8) is 0 Å². The molecule has 3 aromatic carbocycles. The highest BCUT2D eigenvalue weighted by atomic mass is 16.5. The van der Waals surface area contributed by atoms with E-state index in [4.69, 9.17) is 4.74 Å². The third-order valence-corrected chi connectivity index (χ3v) is 4.36. The zero-order chi connectivity index (χ0) is 20.6. The minimum absolute atomic E-state index is 0.241. The Bertz CT molecular complexity index is 1000. The van der Waals surface area contributed by atoms with Crippen LogP contribution >= 0.6 is 0 Å². The molecular formula is C24H21NO4. The zero-order valence-corrected chi connectivity index (χ0v) is 16.0. The first-order valence-corrected chi connectivity index (χ1v) is 9.35. The third-order valence-electron chi connectivity index (χ3n) is 4.36. The van der Waals surface area contributed by atoms with E-state index in [1.165, 1.54) is 6.07 Å². The van der Waals surface area contributed by atoms with Gasteiger partial charge < -0.3 is 10.1 Å². The molecule has 0 saturated carbocycles. The van der Waals surface area contributed by atoms with Gasteiger partial charge in [-0.05, 0) is 36.8 Å². The first-order chi connectivity index (χ1) is 14.1. The van der Waals surface area contributed by atoms with Crippen molar-refractivity contribution >= 4 is 23.3 Å². The first kappa shape index (κ1) is 20.0. The molecule has 1 N–H and O–H groups in total. The fourth-order valence-corrected chi connectivity index (χ4v) is 2.82. The molecule has 0 saturated heterocycles. The highest BCUT2D eigenvalue weighted by Crippen LogP contribution is 2.16. The van der Waals surface area contributed by atoms with Gasteiger partial charge in [-0.2, -0.15) is 0 Å². The summed E-state index contributed by atoms with van der Waals surface area (Å²) in [6.07, 6.45) is -0.503. The molecule has 0 aliphatic rings. The molecule has 146 valence electrons. The number of amides is 1. The molecule has 0 aliphatic carbocycles. The molecule has 0 aromatic heterocycles. The van der Waals surface area contributed by atoms with Gasteiger partial charge in [0.2, 0.25) is 5.78 Å². The SMILES string of the molecule is CCC(OC(=O)c1cccc(NC(=O)c2ccccc2)c1)C(=O)c1ccccc1. The number of ketones is 1. The molecule has 3 aromatic rings. The van der Waals surface area contributed by atoms with Gasteiger partial charge in [0.05, 0.1) is 5.56 Å². The Morgan fingerprint density at radius 3 is 2.00 bits per heavy atom. The lowest BCUT2D eigenvalue weighted by Crippen LogP contribution is -2.27. The predicted octanol–water partition coefficient (Wildman–Crippen LogP) is 4.76. The first-order valence-electron chi connectivity index (χ1n) is 9.35. The van der Waals surface area contributed by atoms with Crippen LogP contribution in [0.5, 0.6) is 0 Å². The van der Waals surface area contributed by atoms with Crippen molar-refractivity contribution in [2.75, 3.05) is 5.32 Å². The van der Waals surface area contributed by atoms with Gasteiger partial charge in [0, 0.05) is 16.8 Å². The predicted molar refractivity (Wildman–Crippen MR) is 111 cm³/mol. The van der Waals surface area contributed by atoms with Crippen LogP contribution in [-0.2, 0) is 4.74 Å². The van der Waals surface area contributed by atoms with E-state index in [9.17, 15) is 14.4 Å². The van der Waals surface area contributed by atoms with E-state index in [1.54, 1.807) is 73.7 Å². The largest absolute Gasteiger partial charge is 0.450 e. The monoisotopic (exact) mass is 387 g/mol. The maximum Gasteiger partial charge on any atom is 0.338 e. The van der Waals surface area contributed by atoms with Crippen LogP contribution < -0.4 is 5.32 Å². The van der Waals surface area contributed by atoms with Crippen LogP contribution in [0.2, 0.25) is 0 Å². The van der Waals surface area contributed by atoms with Crippen LogP contribution in [0, 0.1) is 0 Å². The number of nitrogens with one attached hydrogen (secondary N) is 1. The van der Waals surface area contributed by atoms with Crippen LogP contribution in [0.15, 0.2) is 84.9 Å².